The highest BCUT2D eigenvalue weighted by atomic mass is 19.3. The summed E-state index contributed by atoms with van der Waals surface area (Å²) in [6, 6.07) is 12.2. The number of carbonyl (C=O) groups is 1. The number of ether oxygens (including phenoxy) is 3. The van der Waals surface area contributed by atoms with Gasteiger partial charge in [0, 0.05) is 6.54 Å². The summed E-state index contributed by atoms with van der Waals surface area (Å²) in [6.45, 7) is 1.37. The van der Waals surface area contributed by atoms with E-state index in [0.29, 0.717) is 17.2 Å². The second kappa shape index (κ2) is 10.5. The van der Waals surface area contributed by atoms with E-state index in [9.17, 15) is 13.6 Å². The molecule has 1 amide bonds. The molecule has 0 saturated carbocycles. The van der Waals surface area contributed by atoms with Gasteiger partial charge in [0.15, 0.2) is 18.1 Å². The van der Waals surface area contributed by atoms with E-state index in [1.807, 2.05) is 24.3 Å². The van der Waals surface area contributed by atoms with Crippen molar-refractivity contribution in [3.8, 4) is 17.2 Å². The molecule has 152 valence electrons. The Balaban J connectivity index is 1.91. The van der Waals surface area contributed by atoms with Crippen molar-refractivity contribution in [1.82, 2.24) is 5.32 Å². The lowest BCUT2D eigenvalue weighted by atomic mass is 9.98. The lowest BCUT2D eigenvalue weighted by molar-refractivity contribution is -0.123. The summed E-state index contributed by atoms with van der Waals surface area (Å²) >= 11 is 0. The molecule has 0 saturated heterocycles. The van der Waals surface area contributed by atoms with Crippen LogP contribution in [-0.2, 0) is 11.3 Å². The van der Waals surface area contributed by atoms with Gasteiger partial charge < -0.3 is 19.5 Å². The molecule has 0 aliphatic heterocycles. The summed E-state index contributed by atoms with van der Waals surface area (Å²) in [5.74, 6) is 0.858. The van der Waals surface area contributed by atoms with Crippen LogP contribution in [0.5, 0.6) is 17.2 Å². The Morgan fingerprint density at radius 2 is 1.86 bits per heavy atom. The number of methoxy groups -OCH3 is 1. The molecular weight excluding hydrogens is 368 g/mol. The Bertz CT molecular complexity index is 783. The monoisotopic (exact) mass is 393 g/mol. The molecule has 0 bridgehead atoms. The molecule has 0 aromatic heterocycles. The van der Waals surface area contributed by atoms with Gasteiger partial charge in [0.1, 0.15) is 5.75 Å². The summed E-state index contributed by atoms with van der Waals surface area (Å²) in [5.41, 5.74) is 1.75. The largest absolute Gasteiger partial charge is 0.493 e. The summed E-state index contributed by atoms with van der Waals surface area (Å²) in [7, 11) is 1.36. The van der Waals surface area contributed by atoms with Gasteiger partial charge in [-0.1, -0.05) is 38.1 Å². The van der Waals surface area contributed by atoms with E-state index in [4.69, 9.17) is 9.47 Å². The number of halogens is 2. The molecule has 0 fully saturated rings. The maximum Gasteiger partial charge on any atom is 0.387 e. The summed E-state index contributed by atoms with van der Waals surface area (Å²) in [6.07, 6.45) is 0.972. The SMILES string of the molecule is CCC(C)c1ccccc1OCC(=O)NCc1ccc(OC(F)F)c(OC)c1. The molecule has 0 heterocycles. The third-order valence-electron chi connectivity index (χ3n) is 4.35. The van der Waals surface area contributed by atoms with Crippen LogP contribution in [0.2, 0.25) is 0 Å². The molecule has 0 aliphatic carbocycles. The lowest BCUT2D eigenvalue weighted by Crippen LogP contribution is -2.28. The third-order valence-corrected chi connectivity index (χ3v) is 4.35. The van der Waals surface area contributed by atoms with Crippen molar-refractivity contribution in [2.45, 2.75) is 39.3 Å². The smallest absolute Gasteiger partial charge is 0.387 e. The van der Waals surface area contributed by atoms with Crippen molar-refractivity contribution in [3.05, 3.63) is 53.6 Å². The molecule has 1 atom stereocenters. The fourth-order valence-electron chi connectivity index (χ4n) is 2.65. The minimum atomic E-state index is -2.94. The molecule has 1 unspecified atom stereocenters. The van der Waals surface area contributed by atoms with Crippen LogP contribution in [0.3, 0.4) is 0 Å². The second-order valence-corrected chi connectivity index (χ2v) is 6.28. The minimum Gasteiger partial charge on any atom is -0.493 e. The predicted octanol–water partition coefficient (Wildman–Crippen LogP) is 4.51. The molecule has 5 nitrogen and oxygen atoms in total. The average molecular weight is 393 g/mol. The predicted molar refractivity (Wildman–Crippen MR) is 102 cm³/mol. The number of alkyl halides is 2. The molecule has 2 aromatic rings. The Kier molecular flexibility index (Phi) is 8.04. The summed E-state index contributed by atoms with van der Waals surface area (Å²) < 4.78 is 39.8. The Morgan fingerprint density at radius 3 is 2.54 bits per heavy atom. The topological polar surface area (TPSA) is 56.8 Å². The van der Waals surface area contributed by atoms with Gasteiger partial charge in [-0.15, -0.1) is 0 Å². The van der Waals surface area contributed by atoms with Gasteiger partial charge in [0.25, 0.3) is 5.91 Å². The van der Waals surface area contributed by atoms with Crippen LogP contribution in [0.25, 0.3) is 0 Å². The van der Waals surface area contributed by atoms with E-state index in [0.717, 1.165) is 12.0 Å². The first-order chi connectivity index (χ1) is 13.4. The van der Waals surface area contributed by atoms with E-state index in [1.54, 1.807) is 6.07 Å². The van der Waals surface area contributed by atoms with Crippen LogP contribution in [0.1, 0.15) is 37.3 Å². The number of amides is 1. The number of carbonyl (C=O) groups excluding carboxylic acids is 1. The van der Waals surface area contributed by atoms with Gasteiger partial charge in [-0.2, -0.15) is 8.78 Å². The number of hydrogen-bond donors (Lipinski definition) is 1. The number of rotatable bonds is 10. The van der Waals surface area contributed by atoms with Crippen molar-refractivity contribution in [2.75, 3.05) is 13.7 Å². The van der Waals surface area contributed by atoms with E-state index >= 15 is 0 Å². The van der Waals surface area contributed by atoms with Gasteiger partial charge in [-0.05, 0) is 41.7 Å². The first-order valence-corrected chi connectivity index (χ1v) is 9.04. The Hall–Kier alpha value is -2.83. The molecule has 7 heteroatoms. The van der Waals surface area contributed by atoms with Gasteiger partial charge in [0.05, 0.1) is 7.11 Å². The maximum atomic E-state index is 12.4. The highest BCUT2D eigenvalue weighted by molar-refractivity contribution is 5.77. The maximum absolute atomic E-state index is 12.4. The van der Waals surface area contributed by atoms with Crippen molar-refractivity contribution in [2.24, 2.45) is 0 Å². The van der Waals surface area contributed by atoms with E-state index in [-0.39, 0.29) is 30.6 Å². The van der Waals surface area contributed by atoms with Crippen LogP contribution in [-0.4, -0.2) is 26.2 Å². The van der Waals surface area contributed by atoms with Crippen molar-refractivity contribution < 1.29 is 27.8 Å². The zero-order valence-electron chi connectivity index (χ0n) is 16.2. The fraction of sp³-hybridized carbons (Fsp3) is 0.381. The van der Waals surface area contributed by atoms with Crippen molar-refractivity contribution in [3.63, 3.8) is 0 Å². The highest BCUT2D eigenvalue weighted by Gasteiger charge is 2.13. The number of benzene rings is 2. The van der Waals surface area contributed by atoms with Crippen molar-refractivity contribution >= 4 is 5.91 Å². The van der Waals surface area contributed by atoms with Gasteiger partial charge in [-0.25, -0.2) is 0 Å². The van der Waals surface area contributed by atoms with Gasteiger partial charge in [0.2, 0.25) is 0 Å². The molecule has 2 aromatic carbocycles. The standard InChI is InChI=1S/C21H25F2NO4/c1-4-14(2)16-7-5-6-8-17(16)27-13-20(25)24-12-15-9-10-18(28-21(22)23)19(11-15)26-3/h5-11,14,21H,4,12-13H2,1-3H3,(H,24,25). The fourth-order valence-corrected chi connectivity index (χ4v) is 2.65. The normalized spacial score (nSPS) is 11.8. The third kappa shape index (κ3) is 6.11. The first kappa shape index (κ1) is 21.5. The van der Waals surface area contributed by atoms with Gasteiger partial charge >= 0.3 is 6.61 Å². The summed E-state index contributed by atoms with van der Waals surface area (Å²) in [5, 5.41) is 2.73. The Morgan fingerprint density at radius 1 is 1.11 bits per heavy atom. The first-order valence-electron chi connectivity index (χ1n) is 9.04. The quantitative estimate of drug-likeness (QED) is 0.646. The molecule has 0 spiro atoms. The van der Waals surface area contributed by atoms with Gasteiger partial charge in [-0.3, -0.25) is 4.79 Å². The average Bonchev–Trinajstić information content (AvgIpc) is 2.70. The Labute approximate surface area is 163 Å². The van der Waals surface area contributed by atoms with Crippen LogP contribution in [0.15, 0.2) is 42.5 Å². The molecule has 28 heavy (non-hydrogen) atoms. The number of para-hydroxylation sites is 1. The second-order valence-electron chi connectivity index (χ2n) is 6.28. The van der Waals surface area contributed by atoms with E-state index in [2.05, 4.69) is 23.9 Å². The zero-order valence-corrected chi connectivity index (χ0v) is 16.2. The highest BCUT2D eigenvalue weighted by Crippen LogP contribution is 2.30. The summed E-state index contributed by atoms with van der Waals surface area (Å²) in [4.78, 5) is 12.1. The van der Waals surface area contributed by atoms with Crippen LogP contribution in [0, 0.1) is 0 Å². The van der Waals surface area contributed by atoms with E-state index in [1.165, 1.54) is 19.2 Å². The molecule has 2 rings (SSSR count). The molecule has 0 aliphatic rings. The van der Waals surface area contributed by atoms with Crippen molar-refractivity contribution in [1.29, 1.82) is 0 Å². The van der Waals surface area contributed by atoms with Crippen LogP contribution in [0.4, 0.5) is 8.78 Å². The zero-order chi connectivity index (χ0) is 20.5. The number of nitrogens with one attached hydrogen (secondary N) is 1. The molecular formula is C21H25F2NO4. The minimum absolute atomic E-state index is 0.0578. The lowest BCUT2D eigenvalue weighted by Gasteiger charge is -2.15. The molecule has 1 N–H and O–H groups in total. The number of hydrogen-bond acceptors (Lipinski definition) is 4. The van der Waals surface area contributed by atoms with E-state index < -0.39 is 6.61 Å². The van der Waals surface area contributed by atoms with Crippen LogP contribution >= 0.6 is 0 Å². The molecule has 0 radical (unpaired) electrons. The van der Waals surface area contributed by atoms with Crippen LogP contribution < -0.4 is 19.5 Å².